The van der Waals surface area contributed by atoms with E-state index in [1.807, 2.05) is 19.0 Å². The number of likely N-dealkylation sites (N-methyl/N-ethyl adjacent to an activating group) is 1. The molecule has 1 amide bonds. The smallest absolute Gasteiger partial charge is 0.323 e. The summed E-state index contributed by atoms with van der Waals surface area (Å²) in [6, 6.07) is 0. The van der Waals surface area contributed by atoms with Gasteiger partial charge >= 0.3 is 5.97 Å². The molecule has 0 radical (unpaired) electrons. The van der Waals surface area contributed by atoms with E-state index in [2.05, 4.69) is 0 Å². The zero-order chi connectivity index (χ0) is 12.8. The Balaban J connectivity index is 2.53. The summed E-state index contributed by atoms with van der Waals surface area (Å²) in [6.45, 7) is 1.39. The molecule has 1 saturated heterocycles. The summed E-state index contributed by atoms with van der Waals surface area (Å²) in [7, 11) is 3.77. The zero-order valence-electron chi connectivity index (χ0n) is 10.4. The van der Waals surface area contributed by atoms with Crippen LogP contribution < -0.4 is 0 Å². The lowest BCUT2D eigenvalue weighted by Gasteiger charge is -2.25. The summed E-state index contributed by atoms with van der Waals surface area (Å²) in [5, 5.41) is 8.79. The van der Waals surface area contributed by atoms with E-state index in [4.69, 9.17) is 9.84 Å². The molecule has 1 aliphatic rings. The highest BCUT2D eigenvalue weighted by molar-refractivity contribution is 5.84. The van der Waals surface area contributed by atoms with Crippen molar-refractivity contribution in [3.63, 3.8) is 0 Å². The van der Waals surface area contributed by atoms with Crippen LogP contribution >= 0.6 is 0 Å². The molecule has 0 unspecified atom stereocenters. The van der Waals surface area contributed by atoms with Crippen molar-refractivity contribution in [2.45, 2.75) is 18.9 Å². The van der Waals surface area contributed by atoms with E-state index in [-0.39, 0.29) is 12.5 Å². The highest BCUT2D eigenvalue weighted by Crippen LogP contribution is 2.14. The summed E-state index contributed by atoms with van der Waals surface area (Å²) in [5.74, 6) is -1.19. The second kappa shape index (κ2) is 6.56. The molecule has 0 aromatic heterocycles. The van der Waals surface area contributed by atoms with E-state index in [0.717, 1.165) is 6.42 Å². The van der Waals surface area contributed by atoms with Crippen LogP contribution in [0.15, 0.2) is 0 Å². The second-order valence-corrected chi connectivity index (χ2v) is 4.46. The second-order valence-electron chi connectivity index (χ2n) is 4.46. The molecule has 1 heterocycles. The Morgan fingerprint density at radius 2 is 2.06 bits per heavy atom. The Morgan fingerprint density at radius 3 is 2.53 bits per heavy atom. The van der Waals surface area contributed by atoms with Gasteiger partial charge in [0.25, 0.3) is 5.91 Å². The quantitative estimate of drug-likeness (QED) is 0.691. The minimum absolute atomic E-state index is 0.202. The predicted octanol–water partition coefficient (Wildman–Crippen LogP) is -0.360. The van der Waals surface area contributed by atoms with Gasteiger partial charge in [0.15, 0.2) is 0 Å². The molecule has 0 aromatic carbocycles. The van der Waals surface area contributed by atoms with Gasteiger partial charge in [-0.25, -0.2) is 0 Å². The van der Waals surface area contributed by atoms with Gasteiger partial charge in [0.1, 0.15) is 12.6 Å². The summed E-state index contributed by atoms with van der Waals surface area (Å²) >= 11 is 0. The van der Waals surface area contributed by atoms with Crippen molar-refractivity contribution in [1.29, 1.82) is 0 Å². The lowest BCUT2D eigenvalue weighted by molar-refractivity contribution is -0.149. The van der Waals surface area contributed by atoms with Gasteiger partial charge in [-0.05, 0) is 26.9 Å². The van der Waals surface area contributed by atoms with Gasteiger partial charge in [0.2, 0.25) is 0 Å². The molecule has 6 heteroatoms. The molecule has 0 spiro atoms. The lowest BCUT2D eigenvalue weighted by atomic mass is 10.2. The molecule has 1 rings (SSSR count). The third-order valence-corrected chi connectivity index (χ3v) is 2.66. The number of carbonyl (C=O) groups is 2. The molecule has 6 nitrogen and oxygen atoms in total. The van der Waals surface area contributed by atoms with Crippen LogP contribution in [0, 0.1) is 0 Å². The van der Waals surface area contributed by atoms with Crippen LogP contribution in [0.25, 0.3) is 0 Å². The average molecular weight is 244 g/mol. The first-order chi connectivity index (χ1) is 8.00. The number of carboxylic acids is 1. The largest absolute Gasteiger partial charge is 0.480 e. The van der Waals surface area contributed by atoms with Crippen LogP contribution in [0.5, 0.6) is 0 Å². The fraction of sp³-hybridized carbons (Fsp3) is 0.818. The Morgan fingerprint density at radius 1 is 1.35 bits per heavy atom. The molecule has 1 N–H and O–H groups in total. The monoisotopic (exact) mass is 244 g/mol. The molecule has 1 atom stereocenters. The molecular weight excluding hydrogens is 224 g/mol. The van der Waals surface area contributed by atoms with Gasteiger partial charge in [-0.15, -0.1) is 0 Å². The SMILES string of the molecule is CN(C)CCN(CC(=O)O)C(=O)[C@@H]1CCCO1. The van der Waals surface area contributed by atoms with Crippen molar-refractivity contribution in [2.75, 3.05) is 40.3 Å². The number of carbonyl (C=O) groups excluding carboxylic acids is 1. The number of nitrogens with zero attached hydrogens (tertiary/aromatic N) is 2. The molecule has 1 aliphatic heterocycles. The van der Waals surface area contributed by atoms with Crippen LogP contribution in [0.1, 0.15) is 12.8 Å². The van der Waals surface area contributed by atoms with Crippen molar-refractivity contribution < 1.29 is 19.4 Å². The van der Waals surface area contributed by atoms with E-state index in [1.165, 1.54) is 4.90 Å². The first-order valence-electron chi connectivity index (χ1n) is 5.77. The highest BCUT2D eigenvalue weighted by Gasteiger charge is 2.29. The number of carboxylic acid groups (broad SMARTS) is 1. The van der Waals surface area contributed by atoms with Gasteiger partial charge < -0.3 is 19.6 Å². The molecule has 0 saturated carbocycles. The Kier molecular flexibility index (Phi) is 5.37. The van der Waals surface area contributed by atoms with Gasteiger partial charge in [0.05, 0.1) is 0 Å². The van der Waals surface area contributed by atoms with Crippen molar-refractivity contribution >= 4 is 11.9 Å². The van der Waals surface area contributed by atoms with Crippen molar-refractivity contribution in [1.82, 2.24) is 9.80 Å². The average Bonchev–Trinajstić information content (AvgIpc) is 2.75. The van der Waals surface area contributed by atoms with Gasteiger partial charge in [-0.3, -0.25) is 9.59 Å². The highest BCUT2D eigenvalue weighted by atomic mass is 16.5. The molecule has 1 fully saturated rings. The van der Waals surface area contributed by atoms with E-state index in [0.29, 0.717) is 26.1 Å². The summed E-state index contributed by atoms with van der Waals surface area (Å²) < 4.78 is 5.29. The summed E-state index contributed by atoms with van der Waals surface area (Å²) in [5.41, 5.74) is 0. The fourth-order valence-electron chi connectivity index (χ4n) is 1.73. The molecule has 0 aromatic rings. The number of rotatable bonds is 6. The molecule has 98 valence electrons. The van der Waals surface area contributed by atoms with Crippen LogP contribution in [0.3, 0.4) is 0 Å². The third-order valence-electron chi connectivity index (χ3n) is 2.66. The Bertz CT molecular complexity index is 275. The third kappa shape index (κ3) is 4.70. The van der Waals surface area contributed by atoms with Crippen molar-refractivity contribution in [2.24, 2.45) is 0 Å². The summed E-state index contributed by atoms with van der Waals surface area (Å²) in [4.78, 5) is 26.0. The van der Waals surface area contributed by atoms with Gasteiger partial charge in [-0.2, -0.15) is 0 Å². The van der Waals surface area contributed by atoms with Crippen molar-refractivity contribution in [3.05, 3.63) is 0 Å². The fourth-order valence-corrected chi connectivity index (χ4v) is 1.73. The number of aliphatic carboxylic acids is 1. The molecule has 0 bridgehead atoms. The standard InChI is InChI=1S/C11H20N2O4/c1-12(2)5-6-13(8-10(14)15)11(16)9-4-3-7-17-9/h9H,3-8H2,1-2H3,(H,14,15)/t9-/m0/s1. The zero-order valence-corrected chi connectivity index (χ0v) is 10.4. The maximum Gasteiger partial charge on any atom is 0.323 e. The summed E-state index contributed by atoms with van der Waals surface area (Å²) in [6.07, 6.45) is 1.11. The maximum absolute atomic E-state index is 12.0. The van der Waals surface area contributed by atoms with Crippen LogP contribution in [-0.2, 0) is 14.3 Å². The van der Waals surface area contributed by atoms with Crippen molar-refractivity contribution in [3.8, 4) is 0 Å². The lowest BCUT2D eigenvalue weighted by Crippen LogP contribution is -2.44. The van der Waals surface area contributed by atoms with Crippen LogP contribution in [0.2, 0.25) is 0 Å². The van der Waals surface area contributed by atoms with E-state index >= 15 is 0 Å². The van der Waals surface area contributed by atoms with E-state index < -0.39 is 12.1 Å². The van der Waals surface area contributed by atoms with Gasteiger partial charge in [0, 0.05) is 19.7 Å². The van der Waals surface area contributed by atoms with Crippen LogP contribution in [0.4, 0.5) is 0 Å². The predicted molar refractivity (Wildman–Crippen MR) is 61.7 cm³/mol. The van der Waals surface area contributed by atoms with E-state index in [9.17, 15) is 9.59 Å². The minimum atomic E-state index is -0.991. The van der Waals surface area contributed by atoms with Crippen LogP contribution in [-0.4, -0.2) is 73.2 Å². The number of ether oxygens (including phenoxy) is 1. The molecular formula is C11H20N2O4. The maximum atomic E-state index is 12.0. The molecule has 17 heavy (non-hydrogen) atoms. The Hall–Kier alpha value is -1.14. The van der Waals surface area contributed by atoms with E-state index in [1.54, 1.807) is 0 Å². The number of hydrogen-bond donors (Lipinski definition) is 1. The topological polar surface area (TPSA) is 70.1 Å². The van der Waals surface area contributed by atoms with Gasteiger partial charge in [-0.1, -0.05) is 0 Å². The minimum Gasteiger partial charge on any atom is -0.480 e. The number of hydrogen-bond acceptors (Lipinski definition) is 4. The molecule has 0 aliphatic carbocycles. The number of amides is 1. The first-order valence-corrected chi connectivity index (χ1v) is 5.77. The Labute approximate surface area is 101 Å². The first kappa shape index (κ1) is 13.9. The normalized spacial score (nSPS) is 19.6.